The Hall–Kier alpha value is -1.23. The molecule has 0 bridgehead atoms. The van der Waals surface area contributed by atoms with Crippen molar-refractivity contribution in [2.45, 2.75) is 12.8 Å². The zero-order chi connectivity index (χ0) is 11.7. The molecule has 1 fully saturated rings. The van der Waals surface area contributed by atoms with Crippen molar-refractivity contribution in [3.63, 3.8) is 0 Å². The van der Waals surface area contributed by atoms with Crippen molar-refractivity contribution in [3.8, 4) is 0 Å². The monoisotopic (exact) mass is 239 g/mol. The van der Waals surface area contributed by atoms with Crippen molar-refractivity contribution >= 4 is 27.9 Å². The number of hydrogen-bond acceptors (Lipinski definition) is 4. The Morgan fingerprint density at radius 3 is 2.62 bits per heavy atom. The fourth-order valence-corrected chi connectivity index (χ4v) is 3.01. The molecule has 1 amide bonds. The smallest absolute Gasteiger partial charge is 0.265 e. The van der Waals surface area contributed by atoms with Gasteiger partial charge in [-0.25, -0.2) is 0 Å². The van der Waals surface area contributed by atoms with E-state index < -0.39 is 0 Å². The summed E-state index contributed by atoms with van der Waals surface area (Å²) in [5, 5.41) is 1.13. The number of rotatable bonds is 2. The summed E-state index contributed by atoms with van der Waals surface area (Å²) in [6.45, 7) is 2.16. The molecule has 2 rings (SSSR count). The molecule has 0 radical (unpaired) electrons. The maximum Gasteiger partial charge on any atom is 0.265 e. The molecule has 5 heteroatoms. The van der Waals surface area contributed by atoms with Gasteiger partial charge in [0.2, 0.25) is 0 Å². The average Bonchev–Trinajstić information content (AvgIpc) is 2.84. The SMILES string of the molecule is CN(C)C(=O)c1sc(N2CCCC2)cc1N. The number of carbonyl (C=O) groups is 1. The molecule has 4 nitrogen and oxygen atoms in total. The first-order valence-electron chi connectivity index (χ1n) is 5.45. The molecule has 2 heterocycles. The first-order valence-corrected chi connectivity index (χ1v) is 6.27. The van der Waals surface area contributed by atoms with E-state index in [2.05, 4.69) is 4.90 Å². The molecule has 1 aliphatic rings. The van der Waals surface area contributed by atoms with Gasteiger partial charge in [-0.15, -0.1) is 11.3 Å². The minimum atomic E-state index is -0.00653. The van der Waals surface area contributed by atoms with Crippen LogP contribution in [0.5, 0.6) is 0 Å². The molecule has 0 spiro atoms. The molecule has 0 saturated carbocycles. The molecule has 1 aromatic heterocycles. The maximum absolute atomic E-state index is 11.8. The standard InChI is InChI=1S/C11H17N3OS/c1-13(2)11(15)10-8(12)7-9(16-10)14-5-3-4-6-14/h7H,3-6,12H2,1-2H3. The second-order valence-corrected chi connectivity index (χ2v) is 5.29. The number of thiophene rings is 1. The van der Waals surface area contributed by atoms with Gasteiger partial charge >= 0.3 is 0 Å². The average molecular weight is 239 g/mol. The Kier molecular flexibility index (Phi) is 3.05. The van der Waals surface area contributed by atoms with Crippen molar-refractivity contribution in [3.05, 3.63) is 10.9 Å². The Morgan fingerprint density at radius 2 is 2.06 bits per heavy atom. The molecular weight excluding hydrogens is 222 g/mol. The molecule has 1 saturated heterocycles. The summed E-state index contributed by atoms with van der Waals surface area (Å²) in [6, 6.07) is 1.92. The summed E-state index contributed by atoms with van der Waals surface area (Å²) < 4.78 is 0. The lowest BCUT2D eigenvalue weighted by atomic mass is 10.3. The third-order valence-electron chi connectivity index (χ3n) is 2.77. The van der Waals surface area contributed by atoms with Crippen LogP contribution in [-0.2, 0) is 0 Å². The van der Waals surface area contributed by atoms with E-state index in [-0.39, 0.29) is 5.91 Å². The van der Waals surface area contributed by atoms with Crippen LogP contribution in [0.1, 0.15) is 22.5 Å². The van der Waals surface area contributed by atoms with Gasteiger partial charge in [-0.1, -0.05) is 0 Å². The van der Waals surface area contributed by atoms with Crippen molar-refractivity contribution < 1.29 is 4.79 Å². The second-order valence-electron chi connectivity index (χ2n) is 4.26. The van der Waals surface area contributed by atoms with Gasteiger partial charge in [0.05, 0.1) is 10.7 Å². The third kappa shape index (κ3) is 2.00. The van der Waals surface area contributed by atoms with Gasteiger partial charge in [-0.05, 0) is 18.9 Å². The molecule has 0 atom stereocenters. The highest BCUT2D eigenvalue weighted by atomic mass is 32.1. The largest absolute Gasteiger partial charge is 0.397 e. The third-order valence-corrected chi connectivity index (χ3v) is 3.97. The zero-order valence-electron chi connectivity index (χ0n) is 9.69. The lowest BCUT2D eigenvalue weighted by Crippen LogP contribution is -2.21. The van der Waals surface area contributed by atoms with E-state index in [9.17, 15) is 4.79 Å². The first kappa shape index (κ1) is 11.3. The zero-order valence-corrected chi connectivity index (χ0v) is 10.5. The van der Waals surface area contributed by atoms with Crippen LogP contribution in [-0.4, -0.2) is 38.0 Å². The number of carbonyl (C=O) groups excluding carboxylic acids is 1. The summed E-state index contributed by atoms with van der Waals surface area (Å²) in [7, 11) is 3.49. The van der Waals surface area contributed by atoms with Crippen molar-refractivity contribution in [2.75, 3.05) is 37.8 Å². The quantitative estimate of drug-likeness (QED) is 0.853. The van der Waals surface area contributed by atoms with E-state index >= 15 is 0 Å². The minimum Gasteiger partial charge on any atom is -0.397 e. The predicted octanol–water partition coefficient (Wildman–Crippen LogP) is 1.63. The minimum absolute atomic E-state index is 0.00653. The highest BCUT2D eigenvalue weighted by Gasteiger charge is 2.20. The number of anilines is 2. The van der Waals surface area contributed by atoms with Crippen molar-refractivity contribution in [1.29, 1.82) is 0 Å². The molecule has 1 aromatic rings. The number of nitrogens with zero attached hydrogens (tertiary/aromatic N) is 2. The highest BCUT2D eigenvalue weighted by Crippen LogP contribution is 2.34. The van der Waals surface area contributed by atoms with Gasteiger partial charge < -0.3 is 15.5 Å². The summed E-state index contributed by atoms with van der Waals surface area (Å²) in [5.74, 6) is -0.00653. The van der Waals surface area contributed by atoms with Crippen LogP contribution in [0.15, 0.2) is 6.07 Å². The molecule has 88 valence electrons. The molecule has 1 aliphatic heterocycles. The summed E-state index contributed by atoms with van der Waals surface area (Å²) in [4.78, 5) is 16.4. The number of nitrogens with two attached hydrogens (primary N) is 1. The van der Waals surface area contributed by atoms with Gasteiger partial charge in [-0.2, -0.15) is 0 Å². The Morgan fingerprint density at radius 1 is 1.44 bits per heavy atom. The molecule has 16 heavy (non-hydrogen) atoms. The molecule has 2 N–H and O–H groups in total. The summed E-state index contributed by atoms with van der Waals surface area (Å²) in [6.07, 6.45) is 2.46. The lowest BCUT2D eigenvalue weighted by molar-refractivity contribution is 0.0833. The van der Waals surface area contributed by atoms with Crippen LogP contribution < -0.4 is 10.6 Å². The van der Waals surface area contributed by atoms with Crippen LogP contribution in [0.4, 0.5) is 10.7 Å². The van der Waals surface area contributed by atoms with Gasteiger partial charge in [0, 0.05) is 27.2 Å². The van der Waals surface area contributed by atoms with E-state index in [1.165, 1.54) is 24.2 Å². The maximum atomic E-state index is 11.8. The van der Waals surface area contributed by atoms with Crippen LogP contribution >= 0.6 is 11.3 Å². The normalized spacial score (nSPS) is 15.5. The van der Waals surface area contributed by atoms with Gasteiger partial charge in [-0.3, -0.25) is 4.79 Å². The summed E-state index contributed by atoms with van der Waals surface area (Å²) in [5.41, 5.74) is 6.49. The van der Waals surface area contributed by atoms with Gasteiger partial charge in [0.25, 0.3) is 5.91 Å². The van der Waals surface area contributed by atoms with Crippen molar-refractivity contribution in [1.82, 2.24) is 4.90 Å². The molecule has 0 aliphatic carbocycles. The predicted molar refractivity (Wildman–Crippen MR) is 68.2 cm³/mol. The fraction of sp³-hybridized carbons (Fsp3) is 0.545. The van der Waals surface area contributed by atoms with Crippen molar-refractivity contribution in [2.24, 2.45) is 0 Å². The van der Waals surface area contributed by atoms with Crippen LogP contribution in [0.3, 0.4) is 0 Å². The van der Waals surface area contributed by atoms with E-state index in [4.69, 9.17) is 5.73 Å². The Labute approximate surface area is 99.6 Å². The Bertz CT molecular complexity index is 394. The van der Waals surface area contributed by atoms with Gasteiger partial charge in [0.1, 0.15) is 4.88 Å². The fourth-order valence-electron chi connectivity index (χ4n) is 1.86. The van der Waals surface area contributed by atoms with Crippen LogP contribution in [0, 0.1) is 0 Å². The van der Waals surface area contributed by atoms with Crippen LogP contribution in [0.2, 0.25) is 0 Å². The van der Waals surface area contributed by atoms with Crippen LogP contribution in [0.25, 0.3) is 0 Å². The lowest BCUT2D eigenvalue weighted by Gasteiger charge is -2.14. The van der Waals surface area contributed by atoms with Gasteiger partial charge in [0.15, 0.2) is 0 Å². The van der Waals surface area contributed by atoms with E-state index in [0.29, 0.717) is 10.6 Å². The number of hydrogen-bond donors (Lipinski definition) is 1. The molecular formula is C11H17N3OS. The molecule has 0 unspecified atom stereocenters. The number of nitrogen functional groups attached to an aromatic ring is 1. The topological polar surface area (TPSA) is 49.6 Å². The second kappa shape index (κ2) is 4.33. The number of amides is 1. The highest BCUT2D eigenvalue weighted by molar-refractivity contribution is 7.18. The Balaban J connectivity index is 2.24. The van der Waals surface area contributed by atoms with E-state index in [1.54, 1.807) is 19.0 Å². The van der Waals surface area contributed by atoms with E-state index in [0.717, 1.165) is 18.1 Å². The first-order chi connectivity index (χ1) is 7.59. The molecule has 0 aromatic carbocycles. The van der Waals surface area contributed by atoms with E-state index in [1.807, 2.05) is 6.07 Å². The summed E-state index contributed by atoms with van der Waals surface area (Å²) >= 11 is 1.50.